The number of aryl methyl sites for hydroxylation is 1. The van der Waals surface area contributed by atoms with Crippen LogP contribution < -0.4 is 5.32 Å². The third kappa shape index (κ3) is 4.40. The Balaban J connectivity index is 1.34. The minimum Gasteiger partial charge on any atom is -0.389 e. The van der Waals surface area contributed by atoms with E-state index in [1.54, 1.807) is 6.07 Å². The zero-order valence-corrected chi connectivity index (χ0v) is 18.5. The number of piperidine rings is 1. The minimum atomic E-state index is -0.872. The summed E-state index contributed by atoms with van der Waals surface area (Å²) in [5, 5.41) is 18.4. The molecule has 170 valence electrons. The average Bonchev–Trinajstić information content (AvgIpc) is 3.41. The molecule has 1 amide bonds. The number of fused-ring (bicyclic) bond motifs is 1. The molecule has 5 rings (SSSR count). The van der Waals surface area contributed by atoms with Crippen LogP contribution in [0, 0.1) is 6.92 Å². The van der Waals surface area contributed by atoms with Gasteiger partial charge in [0.2, 0.25) is 5.91 Å². The van der Waals surface area contributed by atoms with Gasteiger partial charge in [0.1, 0.15) is 11.4 Å². The van der Waals surface area contributed by atoms with Crippen molar-refractivity contribution in [3.05, 3.63) is 89.7 Å². The molecule has 8 heteroatoms. The summed E-state index contributed by atoms with van der Waals surface area (Å²) < 4.78 is 7.20. The average molecular weight is 446 g/mol. The van der Waals surface area contributed by atoms with Crippen molar-refractivity contribution in [3.8, 4) is 0 Å². The molecular weight excluding hydrogens is 418 g/mol. The summed E-state index contributed by atoms with van der Waals surface area (Å²) in [6.45, 7) is 3.58. The number of aromatic nitrogens is 3. The Bertz CT molecular complexity index is 1220. The number of pyridine rings is 1. The lowest BCUT2D eigenvalue weighted by molar-refractivity contribution is -0.126. The Hall–Kier alpha value is -3.49. The first-order chi connectivity index (χ1) is 16.0. The molecule has 0 spiro atoms. The number of likely N-dealkylation sites (tertiary alicyclic amines) is 1. The van der Waals surface area contributed by atoms with E-state index in [2.05, 4.69) is 20.4 Å². The lowest BCUT2D eigenvalue weighted by Gasteiger charge is -2.46. The molecule has 1 aromatic carbocycles. The smallest absolute Gasteiger partial charge is 0.228 e. The molecular formula is C25H27N5O3. The first-order valence-corrected chi connectivity index (χ1v) is 11.1. The third-order valence-corrected chi connectivity index (χ3v) is 6.28. The number of hydrogen-bond acceptors (Lipinski definition) is 6. The molecule has 1 saturated heterocycles. The zero-order chi connectivity index (χ0) is 22.8. The number of aliphatic hydroxyl groups excluding tert-OH is 1. The van der Waals surface area contributed by atoms with Gasteiger partial charge in [-0.2, -0.15) is 0 Å². The summed E-state index contributed by atoms with van der Waals surface area (Å²) in [6, 6.07) is 17.4. The van der Waals surface area contributed by atoms with Gasteiger partial charge in [-0.05, 0) is 31.0 Å². The molecule has 2 atom stereocenters. The van der Waals surface area contributed by atoms with Gasteiger partial charge in [0, 0.05) is 38.1 Å². The van der Waals surface area contributed by atoms with E-state index in [1.807, 2.05) is 72.2 Å². The van der Waals surface area contributed by atoms with Crippen LogP contribution in [0.3, 0.4) is 0 Å². The third-order valence-electron chi connectivity index (χ3n) is 6.28. The Morgan fingerprint density at radius 3 is 2.79 bits per heavy atom. The summed E-state index contributed by atoms with van der Waals surface area (Å²) in [5.41, 5.74) is 2.61. The summed E-state index contributed by atoms with van der Waals surface area (Å²) in [7, 11) is 0. The van der Waals surface area contributed by atoms with Gasteiger partial charge < -0.3 is 19.3 Å². The van der Waals surface area contributed by atoms with E-state index in [9.17, 15) is 9.90 Å². The largest absolute Gasteiger partial charge is 0.389 e. The zero-order valence-electron chi connectivity index (χ0n) is 18.5. The first-order valence-electron chi connectivity index (χ1n) is 11.1. The number of nitrogens with zero attached hydrogens (tertiary/aromatic N) is 4. The van der Waals surface area contributed by atoms with Gasteiger partial charge in [-0.3, -0.25) is 9.69 Å². The highest BCUT2D eigenvalue weighted by Crippen LogP contribution is 2.34. The second-order valence-electron chi connectivity index (χ2n) is 8.70. The van der Waals surface area contributed by atoms with Crippen LogP contribution in [-0.2, 0) is 23.3 Å². The summed E-state index contributed by atoms with van der Waals surface area (Å²) in [6.07, 6.45) is 3.86. The van der Waals surface area contributed by atoms with E-state index in [1.165, 1.54) is 0 Å². The Labute approximate surface area is 191 Å². The molecule has 2 N–H and O–H groups in total. The summed E-state index contributed by atoms with van der Waals surface area (Å²) >= 11 is 0. The van der Waals surface area contributed by atoms with E-state index in [0.717, 1.165) is 22.6 Å². The maximum absolute atomic E-state index is 12.9. The Kier molecular flexibility index (Phi) is 5.70. The monoisotopic (exact) mass is 445 g/mol. The van der Waals surface area contributed by atoms with Gasteiger partial charge in [-0.15, -0.1) is 0 Å². The summed E-state index contributed by atoms with van der Waals surface area (Å²) in [4.78, 5) is 19.8. The van der Waals surface area contributed by atoms with Gasteiger partial charge in [0.05, 0.1) is 29.5 Å². The van der Waals surface area contributed by atoms with Crippen molar-refractivity contribution in [2.45, 2.75) is 38.0 Å². The number of amides is 1. The molecule has 0 unspecified atom stereocenters. The number of imidazole rings is 1. The summed E-state index contributed by atoms with van der Waals surface area (Å²) in [5.74, 6) is 0.301. The highest BCUT2D eigenvalue weighted by atomic mass is 16.5. The lowest BCUT2D eigenvalue weighted by Crippen LogP contribution is -2.62. The number of nitrogens with one attached hydrogen (secondary N) is 1. The van der Waals surface area contributed by atoms with E-state index in [0.29, 0.717) is 31.8 Å². The molecule has 8 nitrogen and oxygen atoms in total. The highest BCUT2D eigenvalue weighted by Gasteiger charge is 2.45. The number of β-amino-alcohol motifs (C(OH)–C–C–N with tert-alkyl or cyclic N) is 1. The molecule has 0 bridgehead atoms. The Morgan fingerprint density at radius 1 is 1.24 bits per heavy atom. The number of carbonyl (C=O) groups is 1. The maximum Gasteiger partial charge on any atom is 0.228 e. The molecule has 0 radical (unpaired) electrons. The van der Waals surface area contributed by atoms with Crippen molar-refractivity contribution in [3.63, 3.8) is 0 Å². The first kappa shape index (κ1) is 21.4. The molecule has 3 aromatic heterocycles. The second-order valence-corrected chi connectivity index (χ2v) is 8.70. The number of rotatable bonds is 6. The van der Waals surface area contributed by atoms with Crippen molar-refractivity contribution < 1.29 is 14.4 Å². The van der Waals surface area contributed by atoms with Crippen LogP contribution in [-0.4, -0.2) is 49.6 Å². The van der Waals surface area contributed by atoms with Crippen LogP contribution in [0.2, 0.25) is 0 Å². The fourth-order valence-electron chi connectivity index (χ4n) is 4.67. The fraction of sp³-hybridized carbons (Fsp3) is 0.320. The van der Waals surface area contributed by atoms with Crippen LogP contribution >= 0.6 is 0 Å². The van der Waals surface area contributed by atoms with Gasteiger partial charge in [-0.1, -0.05) is 41.6 Å². The highest BCUT2D eigenvalue weighted by molar-refractivity contribution is 5.79. The van der Waals surface area contributed by atoms with E-state index in [-0.39, 0.29) is 12.3 Å². The molecule has 4 heterocycles. The van der Waals surface area contributed by atoms with Gasteiger partial charge in [0.15, 0.2) is 0 Å². The Morgan fingerprint density at radius 2 is 2.06 bits per heavy atom. The topological polar surface area (TPSA) is 95.9 Å². The molecule has 4 aromatic rings. The lowest BCUT2D eigenvalue weighted by atomic mass is 9.78. The van der Waals surface area contributed by atoms with Crippen LogP contribution in [0.25, 0.3) is 5.65 Å². The number of hydrogen-bond donors (Lipinski definition) is 2. The molecule has 1 aliphatic rings. The van der Waals surface area contributed by atoms with Gasteiger partial charge in [0.25, 0.3) is 0 Å². The normalized spacial score (nSPS) is 21.3. The molecule has 1 fully saturated rings. The van der Waals surface area contributed by atoms with Crippen LogP contribution in [0.15, 0.2) is 71.5 Å². The molecule has 0 aliphatic carbocycles. The van der Waals surface area contributed by atoms with Gasteiger partial charge >= 0.3 is 0 Å². The van der Waals surface area contributed by atoms with E-state index >= 15 is 0 Å². The van der Waals surface area contributed by atoms with Crippen molar-refractivity contribution in [2.75, 3.05) is 13.1 Å². The quantitative estimate of drug-likeness (QED) is 0.473. The molecule has 0 saturated carbocycles. The molecule has 33 heavy (non-hydrogen) atoms. The van der Waals surface area contributed by atoms with Crippen LogP contribution in [0.4, 0.5) is 0 Å². The standard InChI is InChI=1S/C25H27N5O3/c1-18-13-21(33-28-18)14-24(32)27-25(19-7-3-2-4-8-19)10-12-29(17-22(25)31)15-20-16-30-11-6-5-9-23(30)26-20/h2-9,11,13,16,22,31H,10,12,14-15,17H2,1H3,(H,27,32)/t22-,25+/m1/s1. The predicted octanol–water partition coefficient (Wildman–Crippen LogP) is 2.45. The second kappa shape index (κ2) is 8.80. The number of aliphatic hydroxyl groups is 1. The van der Waals surface area contributed by atoms with E-state index in [4.69, 9.17) is 4.52 Å². The molecule has 1 aliphatic heterocycles. The van der Waals surface area contributed by atoms with Crippen LogP contribution in [0.1, 0.15) is 29.1 Å². The number of carbonyl (C=O) groups excluding carboxylic acids is 1. The maximum atomic E-state index is 12.9. The van der Waals surface area contributed by atoms with Crippen LogP contribution in [0.5, 0.6) is 0 Å². The predicted molar refractivity (Wildman–Crippen MR) is 122 cm³/mol. The van der Waals surface area contributed by atoms with Crippen molar-refractivity contribution in [1.29, 1.82) is 0 Å². The van der Waals surface area contributed by atoms with Crippen molar-refractivity contribution in [1.82, 2.24) is 24.8 Å². The SMILES string of the molecule is Cc1cc(CC(=O)N[C@]2(c3ccccc3)CCN(Cc3cn4ccccc4n3)C[C@H]2O)on1. The van der Waals surface area contributed by atoms with Crippen molar-refractivity contribution >= 4 is 11.6 Å². The minimum absolute atomic E-state index is 0.0765. The fourth-order valence-corrected chi connectivity index (χ4v) is 4.67. The van der Waals surface area contributed by atoms with Gasteiger partial charge in [-0.25, -0.2) is 4.98 Å². The van der Waals surface area contributed by atoms with E-state index < -0.39 is 11.6 Å². The van der Waals surface area contributed by atoms with Crippen molar-refractivity contribution in [2.24, 2.45) is 0 Å². The number of benzene rings is 1.